The van der Waals surface area contributed by atoms with Crippen molar-refractivity contribution < 1.29 is 49.2 Å². The van der Waals surface area contributed by atoms with E-state index in [1.54, 1.807) is 30.5 Å². The van der Waals surface area contributed by atoms with Crippen molar-refractivity contribution in [2.24, 2.45) is 5.41 Å². The predicted octanol–water partition coefficient (Wildman–Crippen LogP) is 8.30. The molecule has 5 aromatic rings. The number of aromatic nitrogens is 2. The van der Waals surface area contributed by atoms with Crippen LogP contribution in [0.3, 0.4) is 0 Å². The molecule has 3 N–H and O–H groups in total. The minimum absolute atomic E-state index is 0.00842. The molecule has 2 aliphatic heterocycles. The number of nitrogens with zero attached hydrogens (tertiary/aromatic N) is 5. The third kappa shape index (κ3) is 11.9. The molecule has 23 heteroatoms. The van der Waals surface area contributed by atoms with E-state index in [1.807, 2.05) is 4.72 Å². The van der Waals surface area contributed by atoms with Crippen molar-refractivity contribution in [3.05, 3.63) is 117 Å². The van der Waals surface area contributed by atoms with E-state index in [4.69, 9.17) is 21.1 Å². The average Bonchev–Trinajstić information content (AvgIpc) is 3.77. The standard InChI is InChI=1S/C47H52ClF3N8O9S2/c1-46(2)13-10-31(39(26-46)37-7-4-32(23-40(37)48)47(49,50)51)28-56-16-18-57(19-17-56)33-5-8-38(43(24-33)68-35-22-30-11-14-53-44(30)54-27-35)45(60)55-70(65,66)36-6-9-41(42(25-36)59(61)62)52-15-12-34-29-58(20-21-67-34)69(3,63)64/h4-9,11,14,22-25,27,34,52H,10,12-13,15-21,26,28-29H2,1-3H3,(H,53,54)(H,55,60). The molecule has 1 unspecified atom stereocenters. The van der Waals surface area contributed by atoms with Crippen molar-refractivity contribution >= 4 is 71.2 Å². The molecule has 374 valence electrons. The van der Waals surface area contributed by atoms with Crippen molar-refractivity contribution in [3.63, 3.8) is 0 Å². The van der Waals surface area contributed by atoms with Crippen LogP contribution in [0.25, 0.3) is 16.6 Å². The van der Waals surface area contributed by atoms with Gasteiger partial charge in [-0.05, 0) is 90.8 Å². The zero-order chi connectivity index (χ0) is 50.2. The number of ether oxygens (including phenoxy) is 2. The number of nitrogens with one attached hydrogen (secondary N) is 3. The second kappa shape index (κ2) is 20.1. The highest BCUT2D eigenvalue weighted by atomic mass is 35.5. The van der Waals surface area contributed by atoms with Gasteiger partial charge in [-0.1, -0.05) is 37.1 Å². The van der Waals surface area contributed by atoms with E-state index in [-0.39, 0.29) is 59.4 Å². The molecule has 17 nitrogen and oxygen atoms in total. The normalized spacial score (nSPS) is 18.5. The van der Waals surface area contributed by atoms with Gasteiger partial charge in [0.25, 0.3) is 21.6 Å². The zero-order valence-electron chi connectivity index (χ0n) is 38.5. The van der Waals surface area contributed by atoms with Crippen molar-refractivity contribution in [1.82, 2.24) is 23.9 Å². The van der Waals surface area contributed by atoms with Crippen molar-refractivity contribution in [2.75, 3.05) is 75.4 Å². The highest BCUT2D eigenvalue weighted by molar-refractivity contribution is 7.90. The Balaban J connectivity index is 0.982. The molecule has 1 atom stereocenters. The Morgan fingerprint density at radius 3 is 2.51 bits per heavy atom. The van der Waals surface area contributed by atoms with Gasteiger partial charge < -0.3 is 24.7 Å². The van der Waals surface area contributed by atoms with E-state index >= 15 is 0 Å². The minimum atomic E-state index is -4.70. The van der Waals surface area contributed by atoms with Crippen LogP contribution in [-0.4, -0.2) is 118 Å². The summed E-state index contributed by atoms with van der Waals surface area (Å²) in [5.41, 5.74) is 2.44. The summed E-state index contributed by atoms with van der Waals surface area (Å²) >= 11 is 6.53. The number of aromatic amines is 1. The molecule has 1 aliphatic carbocycles. The Kier molecular flexibility index (Phi) is 14.6. The number of piperazine rings is 1. The van der Waals surface area contributed by atoms with Crippen molar-refractivity contribution in [3.8, 4) is 11.5 Å². The van der Waals surface area contributed by atoms with E-state index in [0.29, 0.717) is 62.5 Å². The first kappa shape index (κ1) is 50.6. The van der Waals surface area contributed by atoms with E-state index in [0.717, 1.165) is 59.9 Å². The molecule has 2 fully saturated rings. The summed E-state index contributed by atoms with van der Waals surface area (Å²) in [5.74, 6) is -0.778. The quantitative estimate of drug-likeness (QED) is 0.0667. The monoisotopic (exact) mass is 1030 g/mol. The van der Waals surface area contributed by atoms with Gasteiger partial charge in [0.15, 0.2) is 0 Å². The van der Waals surface area contributed by atoms with E-state index < -0.39 is 59.3 Å². The lowest BCUT2D eigenvalue weighted by atomic mass is 9.72. The maximum atomic E-state index is 14.0. The Hall–Kier alpha value is -5.78. The Morgan fingerprint density at radius 2 is 1.80 bits per heavy atom. The number of pyridine rings is 1. The number of hydrogen-bond donors (Lipinski definition) is 3. The molecular weight excluding hydrogens is 977 g/mol. The van der Waals surface area contributed by atoms with Crippen LogP contribution in [0.2, 0.25) is 5.02 Å². The van der Waals surface area contributed by atoms with Crippen LogP contribution >= 0.6 is 11.6 Å². The molecule has 0 radical (unpaired) electrons. The summed E-state index contributed by atoms with van der Waals surface area (Å²) in [6.07, 6.45) is 1.96. The lowest BCUT2D eigenvalue weighted by Crippen LogP contribution is -2.47. The zero-order valence-corrected chi connectivity index (χ0v) is 40.9. The number of rotatable bonds is 15. The van der Waals surface area contributed by atoms with Gasteiger partial charge in [0.05, 0.1) is 46.1 Å². The first-order valence-electron chi connectivity index (χ1n) is 22.5. The number of alkyl halides is 3. The maximum absolute atomic E-state index is 14.0. The molecular formula is C47H52ClF3N8O9S2. The number of carbonyl (C=O) groups excluding carboxylic acids is 1. The van der Waals surface area contributed by atoms with E-state index in [9.17, 15) is 44.9 Å². The fourth-order valence-corrected chi connectivity index (χ4v) is 11.1. The number of amides is 1. The second-order valence-electron chi connectivity index (χ2n) is 18.4. The molecule has 1 amide bonds. The van der Waals surface area contributed by atoms with Crippen LogP contribution in [-0.2, 0) is 31.0 Å². The molecule has 8 rings (SSSR count). The van der Waals surface area contributed by atoms with Gasteiger partial charge >= 0.3 is 6.18 Å². The molecule has 0 spiro atoms. The van der Waals surface area contributed by atoms with Crippen LogP contribution in [0.15, 0.2) is 89.6 Å². The Morgan fingerprint density at radius 1 is 1.03 bits per heavy atom. The number of hydrogen-bond acceptors (Lipinski definition) is 13. The number of benzene rings is 3. The number of morpholine rings is 1. The largest absolute Gasteiger partial charge is 0.455 e. The number of sulfonamides is 2. The van der Waals surface area contributed by atoms with Crippen LogP contribution in [0.4, 0.5) is 30.2 Å². The fourth-order valence-electron chi connectivity index (χ4n) is 9.00. The van der Waals surface area contributed by atoms with Crippen molar-refractivity contribution in [2.45, 2.75) is 56.7 Å². The van der Waals surface area contributed by atoms with Gasteiger partial charge in [-0.25, -0.2) is 26.5 Å². The molecule has 0 bridgehead atoms. The lowest BCUT2D eigenvalue weighted by Gasteiger charge is -2.39. The van der Waals surface area contributed by atoms with E-state index in [1.165, 1.54) is 28.7 Å². The smallest absolute Gasteiger partial charge is 0.416 e. The summed E-state index contributed by atoms with van der Waals surface area (Å²) in [5, 5.41) is 15.9. The molecule has 70 heavy (non-hydrogen) atoms. The highest BCUT2D eigenvalue weighted by Gasteiger charge is 2.34. The molecule has 2 saturated heterocycles. The van der Waals surface area contributed by atoms with Gasteiger partial charge in [-0.2, -0.15) is 17.5 Å². The average molecular weight is 1030 g/mol. The number of nitro benzene ring substituents is 1. The number of nitro groups is 1. The molecule has 4 heterocycles. The van der Waals surface area contributed by atoms with Gasteiger partial charge in [0.1, 0.15) is 22.8 Å². The van der Waals surface area contributed by atoms with Crippen LogP contribution in [0, 0.1) is 15.5 Å². The maximum Gasteiger partial charge on any atom is 0.416 e. The summed E-state index contributed by atoms with van der Waals surface area (Å²) in [6.45, 7) is 7.97. The first-order valence-corrected chi connectivity index (χ1v) is 26.2. The number of allylic oxidation sites excluding steroid dienone is 1. The number of H-pyrrole nitrogens is 1. The third-order valence-electron chi connectivity index (χ3n) is 12.8. The third-order valence-corrected chi connectivity index (χ3v) is 15.7. The number of halogens is 4. The highest BCUT2D eigenvalue weighted by Crippen LogP contribution is 2.46. The van der Waals surface area contributed by atoms with Gasteiger partial charge in [-0.15, -0.1) is 0 Å². The summed E-state index contributed by atoms with van der Waals surface area (Å²) < 4.78 is 107. The Labute approximate surface area is 408 Å². The second-order valence-corrected chi connectivity index (χ2v) is 22.5. The lowest BCUT2D eigenvalue weighted by molar-refractivity contribution is -0.384. The molecule has 2 aromatic heterocycles. The van der Waals surface area contributed by atoms with Crippen molar-refractivity contribution in [1.29, 1.82) is 0 Å². The predicted molar refractivity (Wildman–Crippen MR) is 259 cm³/mol. The van der Waals surface area contributed by atoms with Gasteiger partial charge in [0, 0.05) is 86.8 Å². The number of anilines is 2. The Bertz CT molecular complexity index is 3070. The first-order chi connectivity index (χ1) is 33.0. The minimum Gasteiger partial charge on any atom is -0.455 e. The molecule has 3 aliphatic rings. The van der Waals surface area contributed by atoms with Crippen LogP contribution in [0.1, 0.15) is 61.0 Å². The molecule has 3 aromatic carbocycles. The summed E-state index contributed by atoms with van der Waals surface area (Å²) in [6, 6.07) is 15.0. The molecule has 0 saturated carbocycles. The van der Waals surface area contributed by atoms with Gasteiger partial charge in [0.2, 0.25) is 10.0 Å². The van der Waals surface area contributed by atoms with E-state index in [2.05, 4.69) is 38.9 Å². The van der Waals surface area contributed by atoms with Gasteiger partial charge in [-0.3, -0.25) is 19.8 Å². The topological polar surface area (TPSA) is 209 Å². The number of carbonyl (C=O) groups is 1. The fraction of sp³-hybridized carbons (Fsp3) is 0.404. The SMILES string of the molecule is CC1(C)CCC(CN2CCN(c3ccc(C(=O)NS(=O)(=O)c4ccc(NCCC5CN(S(C)(=O)=O)CCO5)c([N+](=O)[O-])c4)c(Oc4cnc5[nH]ccc5c4)c3)CC2)=C(c2ccc(C(F)(F)F)cc2Cl)C1. The summed E-state index contributed by atoms with van der Waals surface area (Å²) in [7, 11) is -8.12. The van der Waals surface area contributed by atoms with Crippen LogP contribution < -0.4 is 19.7 Å². The summed E-state index contributed by atoms with van der Waals surface area (Å²) in [4.78, 5) is 36.6. The number of fused-ring (bicyclic) bond motifs is 1. The van der Waals surface area contributed by atoms with Crippen LogP contribution in [0.5, 0.6) is 11.5 Å².